The van der Waals surface area contributed by atoms with Crippen LogP contribution in [0.15, 0.2) is 36.4 Å². The smallest absolute Gasteiger partial charge is 0.340 e. The number of rotatable bonds is 6. The molecule has 1 heterocycles. The molecule has 0 radical (unpaired) electrons. The summed E-state index contributed by atoms with van der Waals surface area (Å²) in [5, 5.41) is 0.418. The van der Waals surface area contributed by atoms with Crippen LogP contribution in [0.3, 0.4) is 0 Å². The van der Waals surface area contributed by atoms with Gasteiger partial charge in [-0.05, 0) is 42.8 Å². The molecule has 1 amide bonds. The van der Waals surface area contributed by atoms with Crippen molar-refractivity contribution in [3.8, 4) is 11.5 Å². The van der Waals surface area contributed by atoms with Crippen molar-refractivity contribution in [2.24, 2.45) is 0 Å². The number of carbonyl (C=O) groups is 2. The highest BCUT2D eigenvalue weighted by atomic mass is 35.5. The molecule has 0 unspecified atom stereocenters. The zero-order valence-corrected chi connectivity index (χ0v) is 16.2. The largest absolute Gasteiger partial charge is 0.486 e. The van der Waals surface area contributed by atoms with E-state index in [1.54, 1.807) is 4.90 Å². The van der Waals surface area contributed by atoms with Gasteiger partial charge in [-0.25, -0.2) is 4.79 Å². The number of nitrogens with two attached hydrogens (primary N) is 1. The van der Waals surface area contributed by atoms with E-state index in [-0.39, 0.29) is 23.8 Å². The first-order chi connectivity index (χ1) is 13.5. The third kappa shape index (κ3) is 4.67. The molecule has 0 saturated carbocycles. The van der Waals surface area contributed by atoms with Crippen LogP contribution in [0.5, 0.6) is 11.5 Å². The Morgan fingerprint density at radius 3 is 2.61 bits per heavy atom. The van der Waals surface area contributed by atoms with E-state index in [1.165, 1.54) is 18.2 Å². The maximum Gasteiger partial charge on any atom is 0.340 e. The van der Waals surface area contributed by atoms with Crippen LogP contribution in [0.25, 0.3) is 0 Å². The number of carbonyl (C=O) groups excluding carboxylic acids is 2. The minimum absolute atomic E-state index is 0.173. The molecule has 0 bridgehead atoms. The number of hydrogen-bond donors (Lipinski definition) is 1. The van der Waals surface area contributed by atoms with Gasteiger partial charge in [0.25, 0.3) is 5.91 Å². The van der Waals surface area contributed by atoms with E-state index in [2.05, 4.69) is 0 Å². The number of esters is 1. The SMILES string of the molecule is CCN(Cc1ccc2c(c1)OCCO2)C(=O)COC(=O)c1ccc(Cl)cc1N. The van der Waals surface area contributed by atoms with Gasteiger partial charge in [-0.15, -0.1) is 0 Å². The Balaban J connectivity index is 1.59. The normalized spacial score (nSPS) is 12.4. The first-order valence-electron chi connectivity index (χ1n) is 8.86. The third-order valence-corrected chi connectivity index (χ3v) is 4.51. The molecule has 0 atom stereocenters. The molecule has 0 saturated heterocycles. The van der Waals surface area contributed by atoms with Gasteiger partial charge in [0.15, 0.2) is 18.1 Å². The first kappa shape index (κ1) is 19.8. The van der Waals surface area contributed by atoms with Gasteiger partial charge in [0.1, 0.15) is 13.2 Å². The van der Waals surface area contributed by atoms with Crippen molar-refractivity contribution in [2.75, 3.05) is 32.1 Å². The number of halogens is 1. The second-order valence-corrected chi connectivity index (χ2v) is 6.63. The Morgan fingerprint density at radius 2 is 1.89 bits per heavy atom. The molecule has 2 aromatic carbocycles. The van der Waals surface area contributed by atoms with Gasteiger partial charge in [-0.2, -0.15) is 0 Å². The van der Waals surface area contributed by atoms with E-state index in [9.17, 15) is 9.59 Å². The van der Waals surface area contributed by atoms with Crippen LogP contribution in [0.1, 0.15) is 22.8 Å². The molecule has 8 heteroatoms. The van der Waals surface area contributed by atoms with Gasteiger partial charge in [-0.1, -0.05) is 17.7 Å². The van der Waals surface area contributed by atoms with E-state index < -0.39 is 5.97 Å². The van der Waals surface area contributed by atoms with Gasteiger partial charge in [0.2, 0.25) is 0 Å². The molecule has 1 aliphatic heterocycles. The second-order valence-electron chi connectivity index (χ2n) is 6.19. The van der Waals surface area contributed by atoms with Crippen LogP contribution in [0.4, 0.5) is 5.69 Å². The topological polar surface area (TPSA) is 91.1 Å². The van der Waals surface area contributed by atoms with Gasteiger partial charge in [0, 0.05) is 23.8 Å². The van der Waals surface area contributed by atoms with Crippen molar-refractivity contribution in [3.05, 3.63) is 52.5 Å². The predicted octanol–water partition coefficient (Wildman–Crippen LogP) is 2.90. The summed E-state index contributed by atoms with van der Waals surface area (Å²) in [6.07, 6.45) is 0. The van der Waals surface area contributed by atoms with E-state index in [0.29, 0.717) is 42.8 Å². The van der Waals surface area contributed by atoms with Crippen molar-refractivity contribution in [1.29, 1.82) is 0 Å². The number of hydrogen-bond acceptors (Lipinski definition) is 6. The summed E-state index contributed by atoms with van der Waals surface area (Å²) < 4.78 is 16.2. The molecule has 2 N–H and O–H groups in total. The number of benzene rings is 2. The van der Waals surface area contributed by atoms with Gasteiger partial charge in [-0.3, -0.25) is 4.79 Å². The minimum Gasteiger partial charge on any atom is -0.486 e. The molecule has 1 aliphatic rings. The second kappa shape index (κ2) is 8.84. The molecular weight excluding hydrogens is 384 g/mol. The Hall–Kier alpha value is -2.93. The average Bonchev–Trinajstić information content (AvgIpc) is 2.69. The lowest BCUT2D eigenvalue weighted by Crippen LogP contribution is -2.34. The molecule has 2 aromatic rings. The van der Waals surface area contributed by atoms with E-state index in [4.69, 9.17) is 31.5 Å². The van der Waals surface area contributed by atoms with Gasteiger partial charge in [0.05, 0.1) is 5.56 Å². The lowest BCUT2D eigenvalue weighted by atomic mass is 10.1. The number of nitrogens with zero attached hydrogens (tertiary/aromatic N) is 1. The fourth-order valence-corrected chi connectivity index (χ4v) is 2.98. The van der Waals surface area contributed by atoms with E-state index in [1.807, 2.05) is 25.1 Å². The number of amides is 1. The number of likely N-dealkylation sites (N-methyl/N-ethyl adjacent to an activating group) is 1. The highest BCUT2D eigenvalue weighted by molar-refractivity contribution is 6.31. The summed E-state index contributed by atoms with van der Waals surface area (Å²) in [4.78, 5) is 26.2. The molecule has 0 aliphatic carbocycles. The highest BCUT2D eigenvalue weighted by Crippen LogP contribution is 2.31. The number of nitrogen functional groups attached to an aromatic ring is 1. The van der Waals surface area contributed by atoms with Crippen LogP contribution < -0.4 is 15.2 Å². The number of fused-ring (bicyclic) bond motifs is 1. The van der Waals surface area contributed by atoms with Crippen molar-refractivity contribution in [3.63, 3.8) is 0 Å². The van der Waals surface area contributed by atoms with Crippen LogP contribution in [-0.4, -0.2) is 43.1 Å². The zero-order chi connectivity index (χ0) is 20.1. The number of anilines is 1. The summed E-state index contributed by atoms with van der Waals surface area (Å²) in [6.45, 7) is 3.33. The molecule has 28 heavy (non-hydrogen) atoms. The standard InChI is InChI=1S/C20H21ClN2O5/c1-2-23(11-13-3-6-17-18(9-13)27-8-7-26-17)19(24)12-28-20(25)15-5-4-14(21)10-16(15)22/h3-6,9-10H,2,7-8,11-12,22H2,1H3. The highest BCUT2D eigenvalue weighted by Gasteiger charge is 2.18. The maximum absolute atomic E-state index is 12.5. The Bertz CT molecular complexity index is 887. The molecule has 7 nitrogen and oxygen atoms in total. The maximum atomic E-state index is 12.5. The van der Waals surface area contributed by atoms with Crippen LogP contribution in [0, 0.1) is 0 Å². The van der Waals surface area contributed by atoms with Crippen LogP contribution in [0.2, 0.25) is 5.02 Å². The van der Waals surface area contributed by atoms with Gasteiger partial charge >= 0.3 is 5.97 Å². The van der Waals surface area contributed by atoms with Crippen molar-refractivity contribution in [2.45, 2.75) is 13.5 Å². The molecular formula is C20H21ClN2O5. The Morgan fingerprint density at radius 1 is 1.14 bits per heavy atom. The first-order valence-corrected chi connectivity index (χ1v) is 9.24. The lowest BCUT2D eigenvalue weighted by molar-refractivity contribution is -0.134. The molecule has 0 fully saturated rings. The van der Waals surface area contributed by atoms with Crippen molar-refractivity contribution in [1.82, 2.24) is 4.90 Å². The van der Waals surface area contributed by atoms with Crippen LogP contribution >= 0.6 is 11.6 Å². The summed E-state index contributed by atoms with van der Waals surface area (Å²) >= 11 is 5.82. The van der Waals surface area contributed by atoms with E-state index in [0.717, 1.165) is 5.56 Å². The monoisotopic (exact) mass is 404 g/mol. The summed E-state index contributed by atoms with van der Waals surface area (Å²) in [7, 11) is 0. The Kier molecular flexibility index (Phi) is 6.26. The third-order valence-electron chi connectivity index (χ3n) is 4.27. The minimum atomic E-state index is -0.669. The Labute approximate surface area is 167 Å². The molecule has 0 aromatic heterocycles. The molecule has 148 valence electrons. The predicted molar refractivity (Wildman–Crippen MR) is 105 cm³/mol. The van der Waals surface area contributed by atoms with Crippen LogP contribution in [-0.2, 0) is 16.1 Å². The fourth-order valence-electron chi connectivity index (χ4n) is 2.80. The van der Waals surface area contributed by atoms with E-state index >= 15 is 0 Å². The molecule has 3 rings (SSSR count). The van der Waals surface area contributed by atoms with Crippen molar-refractivity contribution < 1.29 is 23.8 Å². The fraction of sp³-hybridized carbons (Fsp3) is 0.300. The average molecular weight is 405 g/mol. The summed E-state index contributed by atoms with van der Waals surface area (Å²) in [5.41, 5.74) is 7.04. The quantitative estimate of drug-likeness (QED) is 0.588. The number of ether oxygens (including phenoxy) is 3. The zero-order valence-electron chi connectivity index (χ0n) is 15.4. The summed E-state index contributed by atoms with van der Waals surface area (Å²) in [5.74, 6) is 0.381. The lowest BCUT2D eigenvalue weighted by Gasteiger charge is -2.23. The molecule has 0 spiro atoms. The summed E-state index contributed by atoms with van der Waals surface area (Å²) in [6, 6.07) is 10.0. The van der Waals surface area contributed by atoms with Gasteiger partial charge < -0.3 is 24.8 Å². The van der Waals surface area contributed by atoms with Crippen molar-refractivity contribution >= 4 is 29.2 Å².